The number of nitrogens with one attached hydrogen (secondary N) is 2. The van der Waals surface area contributed by atoms with E-state index in [9.17, 15) is 9.50 Å². The normalized spacial score (nSPS) is 16.0. The summed E-state index contributed by atoms with van der Waals surface area (Å²) in [5, 5.41) is 15.9. The molecule has 1 aromatic heterocycles. The number of nitrogens with zero attached hydrogens (tertiary/aromatic N) is 1. The largest absolute Gasteiger partial charge is 0.387 e. The molecule has 0 radical (unpaired) electrons. The number of aryl methyl sites for hydroxylation is 2. The number of hydrogen-bond acceptors (Lipinski definition) is 4. The molecular formula is C17H28FN3O. The molecule has 1 unspecified atom stereocenters. The van der Waals surface area contributed by atoms with Gasteiger partial charge in [-0.05, 0) is 64.1 Å². The van der Waals surface area contributed by atoms with Gasteiger partial charge in [0.2, 0.25) is 0 Å². The van der Waals surface area contributed by atoms with Crippen molar-refractivity contribution in [3.8, 4) is 0 Å². The van der Waals surface area contributed by atoms with Gasteiger partial charge in [-0.2, -0.15) is 0 Å². The zero-order valence-electron chi connectivity index (χ0n) is 13.7. The van der Waals surface area contributed by atoms with E-state index in [4.69, 9.17) is 0 Å². The van der Waals surface area contributed by atoms with Crippen molar-refractivity contribution in [1.82, 2.24) is 10.3 Å². The maximum Gasteiger partial charge on any atom is 0.140 e. The van der Waals surface area contributed by atoms with E-state index in [0.29, 0.717) is 0 Å². The molecule has 1 aliphatic rings. The molecule has 2 rings (SSSR count). The second-order valence-corrected chi connectivity index (χ2v) is 6.62. The summed E-state index contributed by atoms with van der Waals surface area (Å²) in [7, 11) is 0. The standard InChI is InChI=1S/C17H28FN3O/c1-17(2,22)15(18)12-19-10-4-3-7-14-9-8-13-6-5-11-20-16(13)21-14/h8-9,15,19,22H,3-7,10-12H2,1-2H3,(H,20,21). The zero-order chi connectivity index (χ0) is 16.0. The third kappa shape index (κ3) is 5.21. The first-order valence-corrected chi connectivity index (χ1v) is 8.26. The minimum atomic E-state index is -1.27. The fourth-order valence-corrected chi connectivity index (χ4v) is 2.54. The number of alkyl halides is 1. The first kappa shape index (κ1) is 17.2. The summed E-state index contributed by atoms with van der Waals surface area (Å²) in [6, 6.07) is 4.30. The van der Waals surface area contributed by atoms with Crippen LogP contribution in [0.4, 0.5) is 10.2 Å². The number of anilines is 1. The first-order chi connectivity index (χ1) is 10.5. The van der Waals surface area contributed by atoms with E-state index in [2.05, 4.69) is 27.8 Å². The van der Waals surface area contributed by atoms with Gasteiger partial charge >= 0.3 is 0 Å². The van der Waals surface area contributed by atoms with Crippen molar-refractivity contribution in [1.29, 1.82) is 0 Å². The molecule has 0 saturated heterocycles. The molecule has 22 heavy (non-hydrogen) atoms. The molecule has 0 fully saturated rings. The number of aliphatic hydroxyl groups is 1. The molecule has 5 heteroatoms. The van der Waals surface area contributed by atoms with Gasteiger partial charge in [-0.1, -0.05) is 6.07 Å². The summed E-state index contributed by atoms with van der Waals surface area (Å²) >= 11 is 0. The summed E-state index contributed by atoms with van der Waals surface area (Å²) in [6.45, 7) is 4.97. The summed E-state index contributed by atoms with van der Waals surface area (Å²) in [6.07, 6.45) is 4.01. The molecule has 3 N–H and O–H groups in total. The van der Waals surface area contributed by atoms with E-state index >= 15 is 0 Å². The lowest BCUT2D eigenvalue weighted by molar-refractivity contribution is -0.00220. The predicted octanol–water partition coefficient (Wildman–Crippen LogP) is 2.46. The van der Waals surface area contributed by atoms with Gasteiger partial charge in [0, 0.05) is 18.8 Å². The van der Waals surface area contributed by atoms with Crippen molar-refractivity contribution in [3.05, 3.63) is 23.4 Å². The minimum Gasteiger partial charge on any atom is -0.387 e. The van der Waals surface area contributed by atoms with Gasteiger partial charge in [0.05, 0.1) is 5.60 Å². The Labute approximate surface area is 132 Å². The van der Waals surface area contributed by atoms with E-state index in [0.717, 1.165) is 50.3 Å². The van der Waals surface area contributed by atoms with Crippen molar-refractivity contribution >= 4 is 5.82 Å². The Hall–Kier alpha value is -1.20. The van der Waals surface area contributed by atoms with Gasteiger partial charge < -0.3 is 15.7 Å². The van der Waals surface area contributed by atoms with Crippen LogP contribution in [0.5, 0.6) is 0 Å². The fourth-order valence-electron chi connectivity index (χ4n) is 2.54. The molecule has 4 nitrogen and oxygen atoms in total. The molecule has 1 atom stereocenters. The molecular weight excluding hydrogens is 281 g/mol. The Morgan fingerprint density at radius 3 is 3.00 bits per heavy atom. The average Bonchev–Trinajstić information content (AvgIpc) is 2.49. The second kappa shape index (κ2) is 7.88. The van der Waals surface area contributed by atoms with Crippen LogP contribution < -0.4 is 10.6 Å². The molecule has 0 saturated carbocycles. The molecule has 1 aliphatic heterocycles. The topological polar surface area (TPSA) is 57.2 Å². The highest BCUT2D eigenvalue weighted by molar-refractivity contribution is 5.46. The highest BCUT2D eigenvalue weighted by Gasteiger charge is 2.25. The van der Waals surface area contributed by atoms with Gasteiger partial charge in [0.15, 0.2) is 0 Å². The Balaban J connectivity index is 1.63. The van der Waals surface area contributed by atoms with Crippen LogP contribution in [0.25, 0.3) is 0 Å². The van der Waals surface area contributed by atoms with E-state index in [-0.39, 0.29) is 6.54 Å². The van der Waals surface area contributed by atoms with Gasteiger partial charge in [-0.3, -0.25) is 0 Å². The monoisotopic (exact) mass is 309 g/mol. The number of fused-ring (bicyclic) bond motifs is 1. The van der Waals surface area contributed by atoms with E-state index in [1.165, 1.54) is 25.8 Å². The molecule has 0 aliphatic carbocycles. The maximum atomic E-state index is 13.5. The highest BCUT2D eigenvalue weighted by Crippen LogP contribution is 2.20. The number of aromatic nitrogens is 1. The van der Waals surface area contributed by atoms with Crippen molar-refractivity contribution in [2.24, 2.45) is 0 Å². The van der Waals surface area contributed by atoms with Crippen LogP contribution in [0.3, 0.4) is 0 Å². The fraction of sp³-hybridized carbons (Fsp3) is 0.706. The van der Waals surface area contributed by atoms with Crippen LogP contribution in [0, 0.1) is 0 Å². The summed E-state index contributed by atoms with van der Waals surface area (Å²) < 4.78 is 13.5. The van der Waals surface area contributed by atoms with Crippen molar-refractivity contribution in [2.75, 3.05) is 25.0 Å². The number of pyridine rings is 1. The number of rotatable bonds is 8. The molecule has 2 heterocycles. The summed E-state index contributed by atoms with van der Waals surface area (Å²) in [4.78, 5) is 4.67. The van der Waals surface area contributed by atoms with Crippen LogP contribution in [0.1, 0.15) is 44.4 Å². The minimum absolute atomic E-state index is 0.199. The molecule has 0 aromatic carbocycles. The quantitative estimate of drug-likeness (QED) is 0.646. The summed E-state index contributed by atoms with van der Waals surface area (Å²) in [5.74, 6) is 1.05. The molecule has 1 aromatic rings. The van der Waals surface area contributed by atoms with Gasteiger partial charge in [-0.25, -0.2) is 9.37 Å². The Kier molecular flexibility index (Phi) is 6.15. The lowest BCUT2D eigenvalue weighted by atomic mass is 10.0. The maximum absolute atomic E-state index is 13.5. The molecule has 124 valence electrons. The van der Waals surface area contributed by atoms with Crippen LogP contribution in [-0.4, -0.2) is 41.5 Å². The van der Waals surface area contributed by atoms with Crippen molar-refractivity contribution < 1.29 is 9.50 Å². The third-order valence-corrected chi connectivity index (χ3v) is 4.08. The smallest absolute Gasteiger partial charge is 0.140 e. The van der Waals surface area contributed by atoms with E-state index in [1.54, 1.807) is 0 Å². The van der Waals surface area contributed by atoms with Crippen LogP contribution in [0.2, 0.25) is 0 Å². The van der Waals surface area contributed by atoms with Gasteiger partial charge in [0.1, 0.15) is 12.0 Å². The van der Waals surface area contributed by atoms with Crippen LogP contribution in [-0.2, 0) is 12.8 Å². The Bertz CT molecular complexity index is 473. The number of halogens is 1. The molecule has 0 bridgehead atoms. The van der Waals surface area contributed by atoms with Crippen molar-refractivity contribution in [3.63, 3.8) is 0 Å². The second-order valence-electron chi connectivity index (χ2n) is 6.62. The van der Waals surface area contributed by atoms with Gasteiger partial charge in [-0.15, -0.1) is 0 Å². The van der Waals surface area contributed by atoms with Crippen LogP contribution >= 0.6 is 0 Å². The Morgan fingerprint density at radius 1 is 1.41 bits per heavy atom. The number of hydrogen-bond donors (Lipinski definition) is 3. The molecule has 0 amide bonds. The molecule has 0 spiro atoms. The average molecular weight is 309 g/mol. The zero-order valence-corrected chi connectivity index (χ0v) is 13.7. The summed E-state index contributed by atoms with van der Waals surface area (Å²) in [5.41, 5.74) is 1.16. The first-order valence-electron chi connectivity index (χ1n) is 8.26. The Morgan fingerprint density at radius 2 is 2.23 bits per heavy atom. The van der Waals surface area contributed by atoms with E-state index < -0.39 is 11.8 Å². The van der Waals surface area contributed by atoms with E-state index in [1.807, 2.05) is 0 Å². The van der Waals surface area contributed by atoms with Gasteiger partial charge in [0.25, 0.3) is 0 Å². The van der Waals surface area contributed by atoms with Crippen molar-refractivity contribution in [2.45, 2.75) is 57.7 Å². The van der Waals surface area contributed by atoms with Crippen LogP contribution in [0.15, 0.2) is 12.1 Å². The number of unbranched alkanes of at least 4 members (excludes halogenated alkanes) is 1. The SMILES string of the molecule is CC(C)(O)C(F)CNCCCCc1ccc2c(n1)NCCC2. The predicted molar refractivity (Wildman–Crippen MR) is 88.0 cm³/mol. The lowest BCUT2D eigenvalue weighted by Crippen LogP contribution is -2.40. The third-order valence-electron chi connectivity index (χ3n) is 4.08. The lowest BCUT2D eigenvalue weighted by Gasteiger charge is -2.22. The highest BCUT2D eigenvalue weighted by atomic mass is 19.1.